The molecule has 38 heavy (non-hydrogen) atoms. The molecule has 2 heteroatoms. The fourth-order valence-corrected chi connectivity index (χ4v) is 4.50. The van der Waals surface area contributed by atoms with E-state index in [0.717, 1.165) is 54.9 Å². The molecule has 2 rings (SSSR count). The van der Waals surface area contributed by atoms with Gasteiger partial charge in [0.25, 0.3) is 0 Å². The average Bonchev–Trinajstić information content (AvgIpc) is 2.94. The fourth-order valence-electron chi connectivity index (χ4n) is 4.50. The van der Waals surface area contributed by atoms with Crippen LogP contribution in [0.5, 0.6) is 0 Å². The third-order valence-electron chi connectivity index (χ3n) is 6.77. The zero-order valence-corrected chi connectivity index (χ0v) is 24.7. The summed E-state index contributed by atoms with van der Waals surface area (Å²) in [6.45, 7) is 8.97. The van der Waals surface area contributed by atoms with Gasteiger partial charge in [0.05, 0.1) is 22.8 Å². The number of rotatable bonds is 19. The average molecular weight is 513 g/mol. The quantitative estimate of drug-likeness (QED) is 0.132. The molecule has 0 N–H and O–H groups in total. The van der Waals surface area contributed by atoms with E-state index in [1.807, 2.05) is 0 Å². The van der Waals surface area contributed by atoms with E-state index in [0.29, 0.717) is 0 Å². The lowest BCUT2D eigenvalue weighted by Crippen LogP contribution is -2.13. The molecule has 0 fully saturated rings. The molecule has 0 aliphatic rings. The topological polar surface area (TPSA) is 24.7 Å². The van der Waals surface area contributed by atoms with Gasteiger partial charge in [-0.2, -0.15) is 0 Å². The van der Waals surface area contributed by atoms with Crippen molar-refractivity contribution in [2.24, 2.45) is 9.98 Å². The minimum absolute atomic E-state index is 0.876. The Hall–Kier alpha value is -2.74. The number of unbranched alkanes of at least 4 members (excludes halogenated alkanes) is 9. The van der Waals surface area contributed by atoms with Crippen molar-refractivity contribution in [1.29, 1.82) is 0 Å². The summed E-state index contributed by atoms with van der Waals surface area (Å²) in [6, 6.07) is 17.2. The molecule has 0 atom stereocenters. The van der Waals surface area contributed by atoms with Gasteiger partial charge < -0.3 is 0 Å². The molecule has 0 aliphatic carbocycles. The lowest BCUT2D eigenvalue weighted by molar-refractivity contribution is 0.684. The highest BCUT2D eigenvalue weighted by Gasteiger charge is 2.09. The highest BCUT2D eigenvalue weighted by atomic mass is 14.8. The van der Waals surface area contributed by atoms with Gasteiger partial charge in [-0.3, -0.25) is 9.98 Å². The summed E-state index contributed by atoms with van der Waals surface area (Å²) >= 11 is 0. The standard InChI is InChI=1S/C36H52N2/c1-5-9-12-15-17-22-31-24-20-26-33(29-31)37-35(8-4)36(28-19-14-11-7-3)38-34-27-21-25-32(30-34)23-18-16-13-10-6-2/h17-18,20-27,29-30H,5-16,19,28H2,1-4H3. The Labute approximate surface area is 234 Å². The van der Waals surface area contributed by atoms with Crippen molar-refractivity contribution in [2.75, 3.05) is 0 Å². The maximum absolute atomic E-state index is 5.18. The van der Waals surface area contributed by atoms with Gasteiger partial charge in [-0.15, -0.1) is 0 Å². The van der Waals surface area contributed by atoms with Crippen LogP contribution < -0.4 is 0 Å². The third kappa shape index (κ3) is 13.2. The van der Waals surface area contributed by atoms with E-state index < -0.39 is 0 Å². The van der Waals surface area contributed by atoms with E-state index in [-0.39, 0.29) is 0 Å². The maximum Gasteiger partial charge on any atom is 0.0639 e. The second-order valence-electron chi connectivity index (χ2n) is 10.3. The van der Waals surface area contributed by atoms with E-state index in [1.54, 1.807) is 0 Å². The third-order valence-corrected chi connectivity index (χ3v) is 6.77. The van der Waals surface area contributed by atoms with Crippen molar-refractivity contribution in [3.8, 4) is 0 Å². The summed E-state index contributed by atoms with van der Waals surface area (Å²) in [5.74, 6) is 0. The first-order valence-corrected chi connectivity index (χ1v) is 15.4. The Morgan fingerprint density at radius 3 is 1.58 bits per heavy atom. The van der Waals surface area contributed by atoms with Gasteiger partial charge in [-0.05, 0) is 80.3 Å². The van der Waals surface area contributed by atoms with Crippen molar-refractivity contribution in [3.63, 3.8) is 0 Å². The van der Waals surface area contributed by atoms with Crippen LogP contribution in [0.4, 0.5) is 11.4 Å². The molecule has 0 aliphatic heterocycles. The number of nitrogens with zero attached hydrogens (tertiary/aromatic N) is 2. The van der Waals surface area contributed by atoms with Crippen LogP contribution in [0.2, 0.25) is 0 Å². The van der Waals surface area contributed by atoms with Crippen LogP contribution in [-0.2, 0) is 0 Å². The highest BCUT2D eigenvalue weighted by molar-refractivity contribution is 6.43. The summed E-state index contributed by atoms with van der Waals surface area (Å²) in [4.78, 5) is 10.3. The van der Waals surface area contributed by atoms with Crippen molar-refractivity contribution in [2.45, 2.75) is 118 Å². The molecular weight excluding hydrogens is 460 g/mol. The van der Waals surface area contributed by atoms with Crippen molar-refractivity contribution < 1.29 is 0 Å². The molecule has 0 aromatic heterocycles. The summed E-state index contributed by atoms with van der Waals surface area (Å²) in [7, 11) is 0. The first-order chi connectivity index (χ1) is 18.7. The largest absolute Gasteiger partial charge is 0.252 e. The molecule has 0 radical (unpaired) electrons. The van der Waals surface area contributed by atoms with Crippen LogP contribution >= 0.6 is 0 Å². The molecule has 2 nitrogen and oxygen atoms in total. The zero-order chi connectivity index (χ0) is 27.3. The first-order valence-electron chi connectivity index (χ1n) is 15.4. The van der Waals surface area contributed by atoms with Gasteiger partial charge in [-0.25, -0.2) is 0 Å². The van der Waals surface area contributed by atoms with Crippen LogP contribution in [0.25, 0.3) is 12.2 Å². The molecule has 2 aromatic carbocycles. The van der Waals surface area contributed by atoms with E-state index in [2.05, 4.69) is 101 Å². The molecule has 206 valence electrons. The molecule has 0 amide bonds. The molecule has 0 saturated carbocycles. The van der Waals surface area contributed by atoms with Gasteiger partial charge in [0.15, 0.2) is 0 Å². The molecule has 0 heterocycles. The number of aliphatic imine (C=N–C) groups is 2. The predicted octanol–water partition coefficient (Wildman–Crippen LogP) is 12.1. The van der Waals surface area contributed by atoms with E-state index in [4.69, 9.17) is 9.98 Å². The minimum atomic E-state index is 0.876. The van der Waals surface area contributed by atoms with Crippen molar-refractivity contribution in [1.82, 2.24) is 0 Å². The highest BCUT2D eigenvalue weighted by Crippen LogP contribution is 2.21. The van der Waals surface area contributed by atoms with E-state index in [1.165, 1.54) is 68.9 Å². The van der Waals surface area contributed by atoms with Crippen molar-refractivity contribution in [3.05, 3.63) is 71.8 Å². The van der Waals surface area contributed by atoms with Gasteiger partial charge in [0.2, 0.25) is 0 Å². The number of allylic oxidation sites excluding steroid dienone is 2. The summed E-state index contributed by atoms with van der Waals surface area (Å²) < 4.78 is 0. The molecule has 0 spiro atoms. The van der Waals surface area contributed by atoms with Gasteiger partial charge >= 0.3 is 0 Å². The SMILES string of the molecule is CCCCCC=Cc1cccc(N=C(CC)C(CCCCCC)=Nc2cccc(C=CCCCCC)c2)c1. The van der Waals surface area contributed by atoms with Crippen LogP contribution in [-0.4, -0.2) is 11.4 Å². The Morgan fingerprint density at radius 1 is 0.579 bits per heavy atom. The lowest BCUT2D eigenvalue weighted by atomic mass is 10.0. The zero-order valence-electron chi connectivity index (χ0n) is 24.7. The molecule has 0 saturated heterocycles. The number of hydrogen-bond donors (Lipinski definition) is 0. The van der Waals surface area contributed by atoms with Gasteiger partial charge in [0.1, 0.15) is 0 Å². The Bertz CT molecular complexity index is 1030. The predicted molar refractivity (Wildman–Crippen MR) is 172 cm³/mol. The van der Waals surface area contributed by atoms with Crippen LogP contribution in [0.3, 0.4) is 0 Å². The lowest BCUT2D eigenvalue weighted by Gasteiger charge is -2.10. The van der Waals surface area contributed by atoms with Crippen LogP contribution in [0.1, 0.15) is 129 Å². The summed E-state index contributed by atoms with van der Waals surface area (Å²) in [5.41, 5.74) is 6.72. The Balaban J connectivity index is 2.27. The van der Waals surface area contributed by atoms with Crippen LogP contribution in [0.15, 0.2) is 70.7 Å². The minimum Gasteiger partial charge on any atom is -0.252 e. The monoisotopic (exact) mass is 512 g/mol. The van der Waals surface area contributed by atoms with E-state index >= 15 is 0 Å². The van der Waals surface area contributed by atoms with Crippen molar-refractivity contribution >= 4 is 35.0 Å². The summed E-state index contributed by atoms with van der Waals surface area (Å²) in [5, 5.41) is 0. The van der Waals surface area contributed by atoms with E-state index in [9.17, 15) is 0 Å². The smallest absolute Gasteiger partial charge is 0.0639 e. The molecular formula is C36H52N2. The maximum atomic E-state index is 5.18. The van der Waals surface area contributed by atoms with Gasteiger partial charge in [-0.1, -0.05) is 121 Å². The fraction of sp³-hybridized carbons (Fsp3) is 0.500. The Kier molecular flexibility index (Phi) is 16.8. The molecule has 2 aromatic rings. The second-order valence-corrected chi connectivity index (χ2v) is 10.3. The first kappa shape index (κ1) is 31.5. The number of benzene rings is 2. The normalized spacial score (nSPS) is 12.7. The molecule has 0 bridgehead atoms. The number of hydrogen-bond acceptors (Lipinski definition) is 2. The molecule has 0 unspecified atom stereocenters. The summed E-state index contributed by atoms with van der Waals surface area (Å²) in [6.07, 6.45) is 25.8. The van der Waals surface area contributed by atoms with Crippen LogP contribution in [0, 0.1) is 0 Å². The van der Waals surface area contributed by atoms with Gasteiger partial charge in [0, 0.05) is 0 Å². The Morgan fingerprint density at radius 2 is 1.08 bits per heavy atom. The second kappa shape index (κ2) is 20.3.